The third-order valence-corrected chi connectivity index (χ3v) is 5.60. The minimum atomic E-state index is -0.0712. The lowest BCUT2D eigenvalue weighted by molar-refractivity contribution is 0.0943. The van der Waals surface area contributed by atoms with E-state index in [-0.39, 0.29) is 32.9 Å². The molecule has 2 heterocycles. The second-order valence-corrected chi connectivity index (χ2v) is 7.21. The van der Waals surface area contributed by atoms with E-state index in [9.17, 15) is 4.79 Å². The van der Waals surface area contributed by atoms with Gasteiger partial charge >= 0.3 is 0 Å². The van der Waals surface area contributed by atoms with E-state index in [0.29, 0.717) is 24.2 Å². The van der Waals surface area contributed by atoms with Crippen LogP contribution in [0.2, 0.25) is 0 Å². The number of carbonyl (C=O) groups excluding carboxylic acids is 1. The summed E-state index contributed by atoms with van der Waals surface area (Å²) >= 11 is 0. The molecule has 2 aliphatic rings. The minimum Gasteiger partial charge on any atom is -0.349 e. The van der Waals surface area contributed by atoms with Gasteiger partial charge in [-0.15, -0.1) is 0 Å². The molecule has 5 nitrogen and oxygen atoms in total. The maximum atomic E-state index is 12.6. The zero-order chi connectivity index (χ0) is 16.0. The molecule has 2 aromatic rings. The molecule has 0 radical (unpaired) electrons. The van der Waals surface area contributed by atoms with Crippen molar-refractivity contribution in [3.05, 3.63) is 30.0 Å². The molecule has 2 fully saturated rings. The summed E-state index contributed by atoms with van der Waals surface area (Å²) in [7, 11) is 1.88. The van der Waals surface area contributed by atoms with Crippen molar-refractivity contribution in [2.24, 2.45) is 24.8 Å². The molecule has 1 unspecified atom stereocenters. The summed E-state index contributed by atoms with van der Waals surface area (Å²) in [6.45, 7) is 4.13. The fraction of sp³-hybridized carbons (Fsp3) is 0.556. The van der Waals surface area contributed by atoms with Gasteiger partial charge in [-0.3, -0.25) is 9.48 Å². The lowest BCUT2D eigenvalue weighted by Crippen LogP contribution is -2.40. The van der Waals surface area contributed by atoms with E-state index in [1.807, 2.05) is 31.3 Å². The number of aryl methyl sites for hydroxylation is 1. The van der Waals surface area contributed by atoms with Gasteiger partial charge in [0.05, 0.1) is 5.52 Å². The van der Waals surface area contributed by atoms with Crippen LogP contribution >= 0.6 is 27.0 Å². The van der Waals surface area contributed by atoms with Crippen LogP contribution in [0.15, 0.2) is 24.3 Å². The van der Waals surface area contributed by atoms with Crippen molar-refractivity contribution in [1.29, 1.82) is 0 Å². The number of amides is 1. The molecule has 1 amide bonds. The van der Waals surface area contributed by atoms with E-state index >= 15 is 0 Å². The SMILES string of the molecule is CC1C[C@H]2CN[C@H](CNC(=O)c3nn(C)c4ccccc34)[C@H]2C1.S.S. The molecule has 4 rings (SSSR count). The van der Waals surface area contributed by atoms with Crippen LogP contribution in [-0.2, 0) is 7.05 Å². The molecule has 0 spiro atoms. The van der Waals surface area contributed by atoms with Crippen molar-refractivity contribution < 1.29 is 4.79 Å². The molecule has 1 aliphatic heterocycles. The number of rotatable bonds is 3. The third-order valence-electron chi connectivity index (χ3n) is 5.60. The second-order valence-electron chi connectivity index (χ2n) is 7.21. The average molecular weight is 381 g/mol. The predicted molar refractivity (Wildman–Crippen MR) is 111 cm³/mol. The Morgan fingerprint density at radius 2 is 2.08 bits per heavy atom. The summed E-state index contributed by atoms with van der Waals surface area (Å²) in [6.07, 6.45) is 2.61. The van der Waals surface area contributed by atoms with Crippen LogP contribution in [0.25, 0.3) is 10.9 Å². The summed E-state index contributed by atoms with van der Waals surface area (Å²) < 4.78 is 1.77. The van der Waals surface area contributed by atoms with Gasteiger partial charge in [0.15, 0.2) is 5.69 Å². The normalized spacial score (nSPS) is 27.4. The van der Waals surface area contributed by atoms with E-state index < -0.39 is 0 Å². The second kappa shape index (κ2) is 8.01. The third kappa shape index (κ3) is 3.68. The number of nitrogens with zero attached hydrogens (tertiary/aromatic N) is 2. The molecule has 1 saturated carbocycles. The van der Waals surface area contributed by atoms with E-state index in [4.69, 9.17) is 0 Å². The van der Waals surface area contributed by atoms with Crippen LogP contribution in [0.3, 0.4) is 0 Å². The first-order valence-corrected chi connectivity index (χ1v) is 8.57. The number of nitrogens with one attached hydrogen (secondary N) is 2. The quantitative estimate of drug-likeness (QED) is 0.858. The van der Waals surface area contributed by atoms with Crippen molar-refractivity contribution in [1.82, 2.24) is 20.4 Å². The van der Waals surface area contributed by atoms with Crippen molar-refractivity contribution in [2.75, 3.05) is 13.1 Å². The van der Waals surface area contributed by atoms with Gasteiger partial charge in [-0.2, -0.15) is 32.1 Å². The van der Waals surface area contributed by atoms with Gasteiger partial charge < -0.3 is 10.6 Å². The van der Waals surface area contributed by atoms with Crippen molar-refractivity contribution in [2.45, 2.75) is 25.8 Å². The van der Waals surface area contributed by atoms with Crippen LogP contribution in [0.5, 0.6) is 0 Å². The van der Waals surface area contributed by atoms with Gasteiger partial charge in [0.1, 0.15) is 0 Å². The molecule has 1 saturated heterocycles. The average Bonchev–Trinajstić information content (AvgIpc) is 3.19. The van der Waals surface area contributed by atoms with Gasteiger partial charge in [0, 0.05) is 25.0 Å². The van der Waals surface area contributed by atoms with Gasteiger partial charge in [-0.1, -0.05) is 25.1 Å². The predicted octanol–water partition coefficient (Wildman–Crippen LogP) is 2.16. The molecule has 138 valence electrons. The highest BCUT2D eigenvalue weighted by Gasteiger charge is 2.41. The summed E-state index contributed by atoms with van der Waals surface area (Å²) in [5.74, 6) is 2.26. The van der Waals surface area contributed by atoms with Crippen molar-refractivity contribution in [3.63, 3.8) is 0 Å². The lowest BCUT2D eigenvalue weighted by atomic mass is 9.94. The Morgan fingerprint density at radius 3 is 2.88 bits per heavy atom. The Kier molecular flexibility index (Phi) is 6.45. The maximum absolute atomic E-state index is 12.6. The summed E-state index contributed by atoms with van der Waals surface area (Å²) in [5.41, 5.74) is 1.51. The van der Waals surface area contributed by atoms with Crippen LogP contribution in [0.1, 0.15) is 30.3 Å². The van der Waals surface area contributed by atoms with E-state index in [1.54, 1.807) is 4.68 Å². The summed E-state index contributed by atoms with van der Waals surface area (Å²) in [4.78, 5) is 12.6. The smallest absolute Gasteiger partial charge is 0.272 e. The Hall–Kier alpha value is -1.18. The fourth-order valence-corrected chi connectivity index (χ4v) is 4.52. The number of benzene rings is 1. The first kappa shape index (κ1) is 20.1. The highest BCUT2D eigenvalue weighted by Crippen LogP contribution is 2.40. The first-order chi connectivity index (χ1) is 11.1. The molecule has 1 aromatic heterocycles. The first-order valence-electron chi connectivity index (χ1n) is 8.57. The van der Waals surface area contributed by atoms with Crippen molar-refractivity contribution in [3.8, 4) is 0 Å². The number of para-hydroxylation sites is 1. The molecular formula is C18H28N4OS2. The summed E-state index contributed by atoms with van der Waals surface area (Å²) in [5, 5.41) is 12.0. The molecule has 25 heavy (non-hydrogen) atoms. The Labute approximate surface area is 162 Å². The number of carbonyl (C=O) groups is 1. The van der Waals surface area contributed by atoms with Gasteiger partial charge in [0.25, 0.3) is 5.91 Å². The number of hydrogen-bond acceptors (Lipinski definition) is 3. The Morgan fingerprint density at radius 1 is 1.32 bits per heavy atom. The van der Waals surface area contributed by atoms with Gasteiger partial charge in [-0.05, 0) is 43.2 Å². The Balaban J connectivity index is 0.00000113. The topological polar surface area (TPSA) is 58.9 Å². The molecule has 0 bridgehead atoms. The van der Waals surface area contributed by atoms with Crippen LogP contribution in [0, 0.1) is 17.8 Å². The monoisotopic (exact) mass is 380 g/mol. The molecule has 4 atom stereocenters. The summed E-state index contributed by atoms with van der Waals surface area (Å²) in [6, 6.07) is 8.27. The minimum absolute atomic E-state index is 0. The number of aromatic nitrogens is 2. The standard InChI is InChI=1S/C18H24N4O.2H2S/c1-11-7-12-9-19-15(14(12)8-11)10-20-18(23)17-13-5-3-4-6-16(13)22(2)21-17;;/h3-6,11-12,14-15,19H,7-10H2,1-2H3,(H,20,23);2*1H2/t11?,12-,14-,15+;;/m0../s1. The zero-order valence-electron chi connectivity index (χ0n) is 14.7. The molecule has 2 N–H and O–H groups in total. The molecular weight excluding hydrogens is 352 g/mol. The highest BCUT2D eigenvalue weighted by atomic mass is 32.1. The van der Waals surface area contributed by atoms with E-state index in [2.05, 4.69) is 22.7 Å². The van der Waals surface area contributed by atoms with Gasteiger partial charge in [-0.25, -0.2) is 0 Å². The zero-order valence-corrected chi connectivity index (χ0v) is 16.7. The van der Waals surface area contributed by atoms with Crippen LogP contribution in [-0.4, -0.2) is 34.8 Å². The maximum Gasteiger partial charge on any atom is 0.272 e. The molecule has 7 heteroatoms. The Bertz CT molecular complexity index is 748. The molecule has 1 aliphatic carbocycles. The highest BCUT2D eigenvalue weighted by molar-refractivity contribution is 7.59. The van der Waals surface area contributed by atoms with E-state index in [0.717, 1.165) is 29.3 Å². The van der Waals surface area contributed by atoms with Crippen LogP contribution < -0.4 is 10.6 Å². The van der Waals surface area contributed by atoms with E-state index in [1.165, 1.54) is 12.8 Å². The van der Waals surface area contributed by atoms with Crippen LogP contribution in [0.4, 0.5) is 0 Å². The van der Waals surface area contributed by atoms with Crippen molar-refractivity contribution >= 4 is 43.8 Å². The lowest BCUT2D eigenvalue weighted by Gasteiger charge is -2.19. The number of fused-ring (bicyclic) bond motifs is 2. The van der Waals surface area contributed by atoms with Gasteiger partial charge in [0.2, 0.25) is 0 Å². The fourth-order valence-electron chi connectivity index (χ4n) is 4.52. The molecule has 1 aromatic carbocycles. The number of hydrogen-bond donors (Lipinski definition) is 2. The largest absolute Gasteiger partial charge is 0.349 e.